The second kappa shape index (κ2) is 8.26. The number of fused-ring (bicyclic) bond motifs is 5. The Kier molecular flexibility index (Phi) is 5.43. The SMILES string of the molecule is COc1cc(C=NN2C(=O)[C@@H]3[C@H](C2=O)[C@H]2C=C[C@H]3C2)ccc1OCc1ccc(Cl)cc1Cl. The van der Waals surface area contributed by atoms with Gasteiger partial charge >= 0.3 is 0 Å². The normalized spacial score (nSPS) is 25.8. The Balaban J connectivity index is 1.29. The topological polar surface area (TPSA) is 68.2 Å². The van der Waals surface area contributed by atoms with Crippen molar-refractivity contribution in [2.24, 2.45) is 28.8 Å². The quantitative estimate of drug-likeness (QED) is 0.347. The number of hydrogen-bond acceptors (Lipinski definition) is 5. The molecule has 4 atom stereocenters. The molecule has 8 heteroatoms. The van der Waals surface area contributed by atoms with Gasteiger partial charge in [0.05, 0.1) is 25.2 Å². The summed E-state index contributed by atoms with van der Waals surface area (Å²) in [5.41, 5.74) is 1.47. The number of carbonyl (C=O) groups excluding carboxylic acids is 2. The average molecular weight is 471 g/mol. The molecule has 3 aliphatic rings. The van der Waals surface area contributed by atoms with Crippen LogP contribution in [0.2, 0.25) is 10.0 Å². The maximum atomic E-state index is 12.7. The highest BCUT2D eigenvalue weighted by atomic mass is 35.5. The van der Waals surface area contributed by atoms with Crippen LogP contribution in [0.5, 0.6) is 11.5 Å². The first-order valence-corrected chi connectivity index (χ1v) is 11.1. The molecular weight excluding hydrogens is 451 g/mol. The van der Waals surface area contributed by atoms with Crippen molar-refractivity contribution in [1.29, 1.82) is 0 Å². The summed E-state index contributed by atoms with van der Waals surface area (Å²) in [7, 11) is 1.54. The number of amides is 2. The lowest BCUT2D eigenvalue weighted by Gasteiger charge is -2.13. The summed E-state index contributed by atoms with van der Waals surface area (Å²) in [6, 6.07) is 10.5. The second-order valence-corrected chi connectivity index (χ2v) is 9.01. The first-order valence-electron chi connectivity index (χ1n) is 10.3. The van der Waals surface area contributed by atoms with Crippen LogP contribution in [0.15, 0.2) is 53.7 Å². The molecule has 2 amide bonds. The lowest BCUT2D eigenvalue weighted by Crippen LogP contribution is -2.28. The molecule has 2 aromatic carbocycles. The van der Waals surface area contributed by atoms with Gasteiger partial charge in [-0.05, 0) is 54.2 Å². The van der Waals surface area contributed by atoms with Gasteiger partial charge in [0.2, 0.25) is 0 Å². The van der Waals surface area contributed by atoms with E-state index in [0.717, 1.165) is 17.0 Å². The summed E-state index contributed by atoms with van der Waals surface area (Å²) in [6.07, 6.45) is 6.51. The highest BCUT2D eigenvalue weighted by Gasteiger charge is 2.59. The number of benzene rings is 2. The molecular formula is C24H20Cl2N2O4. The van der Waals surface area contributed by atoms with Crippen LogP contribution in [0, 0.1) is 23.7 Å². The second-order valence-electron chi connectivity index (χ2n) is 8.17. The van der Waals surface area contributed by atoms with E-state index in [4.69, 9.17) is 32.7 Å². The molecule has 0 aromatic heterocycles. The Hall–Kier alpha value is -2.83. The zero-order valence-corrected chi connectivity index (χ0v) is 18.7. The number of nitrogens with zero attached hydrogens (tertiary/aromatic N) is 2. The van der Waals surface area contributed by atoms with E-state index in [9.17, 15) is 9.59 Å². The highest BCUT2D eigenvalue weighted by Crippen LogP contribution is 2.52. The van der Waals surface area contributed by atoms with Crippen LogP contribution in [0.25, 0.3) is 0 Å². The van der Waals surface area contributed by atoms with Crippen LogP contribution < -0.4 is 9.47 Å². The molecule has 0 spiro atoms. The van der Waals surface area contributed by atoms with Crippen LogP contribution >= 0.6 is 23.2 Å². The number of allylic oxidation sites excluding steroid dienone is 2. The van der Waals surface area contributed by atoms with Gasteiger partial charge in [-0.2, -0.15) is 10.1 Å². The minimum Gasteiger partial charge on any atom is -0.493 e. The number of halogens is 2. The molecule has 0 N–H and O–H groups in total. The van der Waals surface area contributed by atoms with Gasteiger partial charge in [-0.1, -0.05) is 41.4 Å². The number of ether oxygens (including phenoxy) is 2. The van der Waals surface area contributed by atoms with E-state index in [1.54, 1.807) is 36.4 Å². The van der Waals surface area contributed by atoms with Gasteiger partial charge in [-0.25, -0.2) is 0 Å². The number of methoxy groups -OCH3 is 1. The van der Waals surface area contributed by atoms with Gasteiger partial charge in [-0.15, -0.1) is 0 Å². The zero-order chi connectivity index (χ0) is 22.4. The zero-order valence-electron chi connectivity index (χ0n) is 17.2. The Morgan fingerprint density at radius 2 is 1.75 bits per heavy atom. The average Bonchev–Trinajstić information content (AvgIpc) is 3.46. The van der Waals surface area contributed by atoms with Crippen molar-refractivity contribution in [1.82, 2.24) is 5.01 Å². The summed E-state index contributed by atoms with van der Waals surface area (Å²) < 4.78 is 11.3. The Bertz CT molecular complexity index is 1130. The molecule has 5 rings (SSSR count). The Morgan fingerprint density at radius 1 is 1.03 bits per heavy atom. The van der Waals surface area contributed by atoms with Gasteiger partial charge in [0.25, 0.3) is 11.8 Å². The van der Waals surface area contributed by atoms with Crippen LogP contribution in [0.3, 0.4) is 0 Å². The first-order chi connectivity index (χ1) is 15.5. The molecule has 2 aliphatic carbocycles. The van der Waals surface area contributed by atoms with Crippen molar-refractivity contribution in [2.75, 3.05) is 7.11 Å². The van der Waals surface area contributed by atoms with Crippen molar-refractivity contribution in [3.05, 3.63) is 69.7 Å². The Morgan fingerprint density at radius 3 is 2.41 bits per heavy atom. The summed E-state index contributed by atoms with van der Waals surface area (Å²) in [6.45, 7) is 0.246. The van der Waals surface area contributed by atoms with E-state index >= 15 is 0 Å². The van der Waals surface area contributed by atoms with E-state index in [-0.39, 0.29) is 42.1 Å². The van der Waals surface area contributed by atoms with Gasteiger partial charge < -0.3 is 9.47 Å². The van der Waals surface area contributed by atoms with Crippen LogP contribution in [-0.4, -0.2) is 30.1 Å². The number of hydrazone groups is 1. The van der Waals surface area contributed by atoms with Crippen molar-refractivity contribution < 1.29 is 19.1 Å². The van der Waals surface area contributed by atoms with Crippen molar-refractivity contribution in [3.63, 3.8) is 0 Å². The molecule has 2 fully saturated rings. The van der Waals surface area contributed by atoms with Crippen LogP contribution in [0.4, 0.5) is 0 Å². The fourth-order valence-corrected chi connectivity index (χ4v) is 5.27. The van der Waals surface area contributed by atoms with Crippen molar-refractivity contribution in [2.45, 2.75) is 13.0 Å². The molecule has 32 heavy (non-hydrogen) atoms. The lowest BCUT2D eigenvalue weighted by molar-refractivity contribution is -0.140. The third kappa shape index (κ3) is 3.57. The highest BCUT2D eigenvalue weighted by molar-refractivity contribution is 6.35. The molecule has 2 bridgehead atoms. The molecule has 1 saturated heterocycles. The van der Waals surface area contributed by atoms with E-state index in [1.807, 2.05) is 0 Å². The molecule has 1 heterocycles. The van der Waals surface area contributed by atoms with Gasteiger partial charge in [0.15, 0.2) is 11.5 Å². The molecule has 164 valence electrons. The fraction of sp³-hybridized carbons (Fsp3) is 0.292. The van der Waals surface area contributed by atoms with Gasteiger partial charge in [0.1, 0.15) is 6.61 Å². The van der Waals surface area contributed by atoms with E-state index < -0.39 is 0 Å². The molecule has 0 radical (unpaired) electrons. The molecule has 6 nitrogen and oxygen atoms in total. The third-order valence-electron chi connectivity index (χ3n) is 6.36. The van der Waals surface area contributed by atoms with Gasteiger partial charge in [-0.3, -0.25) is 9.59 Å². The summed E-state index contributed by atoms with van der Waals surface area (Å²) in [4.78, 5) is 25.5. The van der Waals surface area contributed by atoms with Crippen molar-refractivity contribution >= 4 is 41.2 Å². The minimum absolute atomic E-state index is 0.160. The third-order valence-corrected chi connectivity index (χ3v) is 6.94. The lowest BCUT2D eigenvalue weighted by atomic mass is 9.85. The van der Waals surface area contributed by atoms with E-state index in [0.29, 0.717) is 27.1 Å². The number of carbonyl (C=O) groups is 2. The maximum absolute atomic E-state index is 12.7. The fourth-order valence-electron chi connectivity index (χ4n) is 4.80. The predicted octanol–water partition coefficient (Wildman–Crippen LogP) is 4.72. The molecule has 2 aromatic rings. The van der Waals surface area contributed by atoms with Gasteiger partial charge in [0, 0.05) is 15.6 Å². The monoisotopic (exact) mass is 470 g/mol. The first kappa shape index (κ1) is 21.0. The number of imide groups is 1. The van der Waals surface area contributed by atoms with E-state index in [2.05, 4.69) is 17.3 Å². The maximum Gasteiger partial charge on any atom is 0.254 e. The summed E-state index contributed by atoms with van der Waals surface area (Å²) in [5.74, 6) is 0.400. The smallest absolute Gasteiger partial charge is 0.254 e. The molecule has 1 saturated carbocycles. The number of rotatable bonds is 6. The van der Waals surface area contributed by atoms with Crippen LogP contribution in [0.1, 0.15) is 17.5 Å². The summed E-state index contributed by atoms with van der Waals surface area (Å²) >= 11 is 12.1. The molecule has 1 aliphatic heterocycles. The van der Waals surface area contributed by atoms with Crippen LogP contribution in [-0.2, 0) is 16.2 Å². The molecule has 0 unspecified atom stereocenters. The predicted molar refractivity (Wildman–Crippen MR) is 121 cm³/mol. The summed E-state index contributed by atoms with van der Waals surface area (Å²) in [5, 5.41) is 6.32. The number of hydrogen-bond donors (Lipinski definition) is 0. The van der Waals surface area contributed by atoms with E-state index in [1.165, 1.54) is 13.3 Å². The minimum atomic E-state index is -0.264. The van der Waals surface area contributed by atoms with Crippen molar-refractivity contribution in [3.8, 4) is 11.5 Å². The Labute approximate surface area is 195 Å². The standard InChI is InChI=1S/C24H20Cl2N2O4/c1-31-20-8-13(2-7-19(20)32-12-16-5-6-17(25)10-18(16)26)11-27-28-23(29)21-14-3-4-15(9-14)22(21)24(28)30/h2-8,10-11,14-15,21-22H,9,12H2,1H3/t14-,15-,21-,22+/m0/s1. The largest absolute Gasteiger partial charge is 0.493 e.